The molecule has 68 valence electrons. The highest BCUT2D eigenvalue weighted by atomic mass is 16.6. The number of hydrogen-bond acceptors (Lipinski definition) is 4. The number of carbonyl (C=O) groups excluding carboxylic acids is 1. The van der Waals surface area contributed by atoms with E-state index in [1.807, 2.05) is 0 Å². The number of carbonyl (C=O) groups is 1. The van der Waals surface area contributed by atoms with E-state index >= 15 is 0 Å². The second-order valence-electron chi connectivity index (χ2n) is 2.65. The van der Waals surface area contributed by atoms with Gasteiger partial charge >= 0.3 is 5.97 Å². The van der Waals surface area contributed by atoms with Crippen LogP contribution in [0.25, 0.3) is 0 Å². The molecule has 0 spiro atoms. The van der Waals surface area contributed by atoms with Crippen LogP contribution >= 0.6 is 0 Å². The summed E-state index contributed by atoms with van der Waals surface area (Å²) in [4.78, 5) is 10.8. The number of esters is 1. The van der Waals surface area contributed by atoms with Crippen molar-refractivity contribution in [3.63, 3.8) is 0 Å². The first-order valence-corrected chi connectivity index (χ1v) is 3.77. The summed E-state index contributed by atoms with van der Waals surface area (Å²) in [6.07, 6.45) is 2.98. The quantitative estimate of drug-likeness (QED) is 0.475. The molecule has 0 saturated carbocycles. The Balaban J connectivity index is 2.24. The topological polar surface area (TPSA) is 55.8 Å². The number of hydrogen-bond donors (Lipinski definition) is 1. The monoisotopic (exact) mass is 172 g/mol. The van der Waals surface area contributed by atoms with Gasteiger partial charge in [0.15, 0.2) is 0 Å². The molecule has 0 amide bonds. The van der Waals surface area contributed by atoms with Crippen molar-refractivity contribution in [2.75, 3.05) is 13.7 Å². The molecule has 4 nitrogen and oxygen atoms in total. The van der Waals surface area contributed by atoms with Gasteiger partial charge in [-0.1, -0.05) is 6.08 Å². The van der Waals surface area contributed by atoms with Crippen LogP contribution in [0.15, 0.2) is 12.2 Å². The molecule has 0 unspecified atom stereocenters. The van der Waals surface area contributed by atoms with Crippen LogP contribution in [0.4, 0.5) is 0 Å². The molecular weight excluding hydrogens is 160 g/mol. The number of aliphatic hydroxyl groups is 1. The van der Waals surface area contributed by atoms with Crippen LogP contribution in [0.2, 0.25) is 0 Å². The molecule has 0 saturated heterocycles. The fourth-order valence-electron chi connectivity index (χ4n) is 1.06. The van der Waals surface area contributed by atoms with Crippen molar-refractivity contribution in [3.8, 4) is 0 Å². The van der Waals surface area contributed by atoms with E-state index in [1.54, 1.807) is 12.2 Å². The molecule has 0 fully saturated rings. The first-order valence-electron chi connectivity index (χ1n) is 3.77. The van der Waals surface area contributed by atoms with Crippen molar-refractivity contribution >= 4 is 5.97 Å². The predicted molar refractivity (Wildman–Crippen MR) is 41.5 cm³/mol. The molecule has 0 heterocycles. The van der Waals surface area contributed by atoms with Gasteiger partial charge in [0.1, 0.15) is 12.7 Å². The Morgan fingerprint density at radius 2 is 2.42 bits per heavy atom. The van der Waals surface area contributed by atoms with Gasteiger partial charge in [-0.05, 0) is 6.08 Å². The first kappa shape index (κ1) is 9.22. The van der Waals surface area contributed by atoms with Gasteiger partial charge in [-0.25, -0.2) is 4.79 Å². The smallest absolute Gasteiger partial charge is 0.332 e. The maximum atomic E-state index is 10.8. The molecule has 0 aliphatic heterocycles. The van der Waals surface area contributed by atoms with Gasteiger partial charge in [0.2, 0.25) is 0 Å². The highest BCUT2D eigenvalue weighted by Crippen LogP contribution is 2.13. The molecule has 12 heavy (non-hydrogen) atoms. The Labute approximate surface area is 70.8 Å². The van der Waals surface area contributed by atoms with E-state index in [-0.39, 0.29) is 12.7 Å². The van der Waals surface area contributed by atoms with Crippen molar-refractivity contribution < 1.29 is 19.4 Å². The molecule has 1 rings (SSSR count). The molecule has 4 heteroatoms. The summed E-state index contributed by atoms with van der Waals surface area (Å²) in [5.41, 5.74) is 0. The van der Waals surface area contributed by atoms with E-state index < -0.39 is 12.1 Å². The Morgan fingerprint density at radius 1 is 1.67 bits per heavy atom. The normalized spacial score (nSPS) is 27.5. The lowest BCUT2D eigenvalue weighted by Gasteiger charge is -2.09. The van der Waals surface area contributed by atoms with Crippen molar-refractivity contribution in [1.82, 2.24) is 0 Å². The summed E-state index contributed by atoms with van der Waals surface area (Å²) in [5, 5.41) is 9.03. The average Bonchev–Trinajstić information content (AvgIpc) is 2.36. The van der Waals surface area contributed by atoms with E-state index in [9.17, 15) is 4.79 Å². The standard InChI is InChI=1S/C8H12O4/c1-11-5-8(10)12-7-3-2-6(9)4-7/h2-3,6-7,9H,4-5H2,1H3/t6-,7+/m0/s1. The van der Waals surface area contributed by atoms with Gasteiger partial charge in [-0.15, -0.1) is 0 Å². The molecule has 0 aromatic carbocycles. The lowest BCUT2D eigenvalue weighted by molar-refractivity contribution is -0.151. The van der Waals surface area contributed by atoms with E-state index in [4.69, 9.17) is 9.84 Å². The highest BCUT2D eigenvalue weighted by Gasteiger charge is 2.19. The minimum absolute atomic E-state index is 0.0412. The fraction of sp³-hybridized carbons (Fsp3) is 0.625. The predicted octanol–water partition coefficient (Wildman–Crippen LogP) is -0.135. The van der Waals surface area contributed by atoms with Crippen LogP contribution in [0, 0.1) is 0 Å². The Kier molecular flexibility index (Phi) is 3.25. The maximum Gasteiger partial charge on any atom is 0.332 e. The summed E-state index contributed by atoms with van der Waals surface area (Å²) in [5.74, 6) is -0.402. The Hall–Kier alpha value is -0.870. The Bertz CT molecular complexity index is 187. The second-order valence-corrected chi connectivity index (χ2v) is 2.65. The summed E-state index contributed by atoms with van der Waals surface area (Å²) in [7, 11) is 1.43. The summed E-state index contributed by atoms with van der Waals surface area (Å²) < 4.78 is 9.49. The van der Waals surface area contributed by atoms with Crippen molar-refractivity contribution in [3.05, 3.63) is 12.2 Å². The van der Waals surface area contributed by atoms with Crippen LogP contribution in [0.5, 0.6) is 0 Å². The summed E-state index contributed by atoms with van der Waals surface area (Å²) in [6, 6.07) is 0. The van der Waals surface area contributed by atoms with E-state index in [1.165, 1.54) is 7.11 Å². The SMILES string of the molecule is COCC(=O)O[C@@H]1C=C[C@H](O)C1. The second kappa shape index (κ2) is 4.23. The summed E-state index contributed by atoms with van der Waals surface area (Å²) in [6.45, 7) is -0.0412. The van der Waals surface area contributed by atoms with Crippen LogP contribution in [0.3, 0.4) is 0 Å². The van der Waals surface area contributed by atoms with Crippen molar-refractivity contribution in [1.29, 1.82) is 0 Å². The number of aliphatic hydroxyl groups excluding tert-OH is 1. The number of ether oxygens (including phenoxy) is 2. The average molecular weight is 172 g/mol. The van der Waals surface area contributed by atoms with Crippen LogP contribution < -0.4 is 0 Å². The van der Waals surface area contributed by atoms with E-state index in [0.29, 0.717) is 6.42 Å². The van der Waals surface area contributed by atoms with Gasteiger partial charge in [-0.3, -0.25) is 0 Å². The van der Waals surface area contributed by atoms with Crippen molar-refractivity contribution in [2.45, 2.75) is 18.6 Å². The molecule has 0 aromatic heterocycles. The molecule has 1 aliphatic carbocycles. The lowest BCUT2D eigenvalue weighted by atomic mass is 10.3. The number of methoxy groups -OCH3 is 1. The molecule has 1 aliphatic rings. The minimum atomic E-state index is -0.481. The molecule has 0 bridgehead atoms. The van der Waals surface area contributed by atoms with Gasteiger partial charge < -0.3 is 14.6 Å². The van der Waals surface area contributed by atoms with Gasteiger partial charge in [0.25, 0.3) is 0 Å². The molecule has 1 N–H and O–H groups in total. The largest absolute Gasteiger partial charge is 0.456 e. The van der Waals surface area contributed by atoms with Crippen molar-refractivity contribution in [2.24, 2.45) is 0 Å². The third-order valence-corrected chi connectivity index (χ3v) is 1.57. The zero-order chi connectivity index (χ0) is 8.97. The maximum absolute atomic E-state index is 10.8. The van der Waals surface area contributed by atoms with Crippen LogP contribution in [-0.4, -0.2) is 37.0 Å². The molecule has 0 aromatic rings. The van der Waals surface area contributed by atoms with E-state index in [0.717, 1.165) is 0 Å². The van der Waals surface area contributed by atoms with Crippen LogP contribution in [-0.2, 0) is 14.3 Å². The minimum Gasteiger partial charge on any atom is -0.456 e. The van der Waals surface area contributed by atoms with Crippen LogP contribution in [0.1, 0.15) is 6.42 Å². The number of rotatable bonds is 3. The summed E-state index contributed by atoms with van der Waals surface area (Å²) >= 11 is 0. The molecule has 0 radical (unpaired) electrons. The fourth-order valence-corrected chi connectivity index (χ4v) is 1.06. The lowest BCUT2D eigenvalue weighted by Crippen LogP contribution is -2.19. The molecule has 2 atom stereocenters. The Morgan fingerprint density at radius 3 is 2.92 bits per heavy atom. The third kappa shape index (κ3) is 2.64. The molecular formula is C8H12O4. The zero-order valence-electron chi connectivity index (χ0n) is 6.90. The highest BCUT2D eigenvalue weighted by molar-refractivity contribution is 5.71. The van der Waals surface area contributed by atoms with Gasteiger partial charge in [0.05, 0.1) is 6.10 Å². The third-order valence-electron chi connectivity index (χ3n) is 1.57. The van der Waals surface area contributed by atoms with E-state index in [2.05, 4.69) is 4.74 Å². The van der Waals surface area contributed by atoms with Gasteiger partial charge in [-0.2, -0.15) is 0 Å². The zero-order valence-corrected chi connectivity index (χ0v) is 6.90. The van der Waals surface area contributed by atoms with Gasteiger partial charge in [0, 0.05) is 13.5 Å². The first-order chi connectivity index (χ1) is 5.72.